The Bertz CT molecular complexity index is 1390. The molecular weight excluding hydrogens is 513 g/mol. The number of anilines is 2. The van der Waals surface area contributed by atoms with Crippen molar-refractivity contribution in [3.63, 3.8) is 0 Å². The Balaban J connectivity index is 1.96. The van der Waals surface area contributed by atoms with Gasteiger partial charge in [-0.05, 0) is 95.0 Å². The van der Waals surface area contributed by atoms with Crippen molar-refractivity contribution < 1.29 is 28.6 Å². The van der Waals surface area contributed by atoms with E-state index in [2.05, 4.69) is 16.0 Å². The first kappa shape index (κ1) is 30.3. The maximum absolute atomic E-state index is 13.5. The molecule has 0 aliphatic carbocycles. The van der Waals surface area contributed by atoms with Crippen molar-refractivity contribution in [1.82, 2.24) is 5.32 Å². The molecule has 8 nitrogen and oxygen atoms in total. The summed E-state index contributed by atoms with van der Waals surface area (Å²) in [7, 11) is 0. The molecule has 0 spiro atoms. The minimum absolute atomic E-state index is 0.0487. The summed E-state index contributed by atoms with van der Waals surface area (Å²) in [6.07, 6.45) is -0.841. The Kier molecular flexibility index (Phi) is 9.32. The zero-order valence-corrected chi connectivity index (χ0v) is 23.8. The van der Waals surface area contributed by atoms with E-state index in [9.17, 15) is 23.9 Å². The van der Waals surface area contributed by atoms with Crippen molar-refractivity contribution in [2.45, 2.75) is 66.2 Å². The molecule has 3 aromatic rings. The van der Waals surface area contributed by atoms with Crippen LogP contribution in [0, 0.1) is 26.6 Å². The van der Waals surface area contributed by atoms with Crippen molar-refractivity contribution in [2.24, 2.45) is 0 Å². The molecular formula is C31H36FN3O5. The molecule has 2 atom stereocenters. The Morgan fingerprint density at radius 3 is 2.00 bits per heavy atom. The Morgan fingerprint density at radius 2 is 1.45 bits per heavy atom. The third-order valence-electron chi connectivity index (χ3n) is 6.17. The summed E-state index contributed by atoms with van der Waals surface area (Å²) in [4.78, 5) is 38.5. The van der Waals surface area contributed by atoms with Crippen LogP contribution in [0.2, 0.25) is 0 Å². The van der Waals surface area contributed by atoms with Gasteiger partial charge in [0.25, 0.3) is 5.91 Å². The van der Waals surface area contributed by atoms with E-state index >= 15 is 0 Å². The molecule has 0 fully saturated rings. The molecule has 0 aliphatic heterocycles. The molecule has 3 aromatic carbocycles. The van der Waals surface area contributed by atoms with E-state index in [-0.39, 0.29) is 11.3 Å². The van der Waals surface area contributed by atoms with Crippen LogP contribution in [-0.2, 0) is 9.53 Å². The Hall–Kier alpha value is -4.24. The summed E-state index contributed by atoms with van der Waals surface area (Å²) in [5.74, 6) is -2.36. The molecule has 0 radical (unpaired) electrons. The summed E-state index contributed by atoms with van der Waals surface area (Å²) in [5, 5.41) is 17.9. The zero-order chi connectivity index (χ0) is 29.8. The molecule has 0 heterocycles. The van der Waals surface area contributed by atoms with Gasteiger partial charge >= 0.3 is 12.0 Å². The number of nitrogens with one attached hydrogen (secondary N) is 3. The maximum atomic E-state index is 13.5. The molecule has 0 aliphatic rings. The van der Waals surface area contributed by atoms with Crippen LogP contribution in [0.3, 0.4) is 0 Å². The molecule has 212 valence electrons. The lowest BCUT2D eigenvalue weighted by Crippen LogP contribution is -2.50. The fourth-order valence-electron chi connectivity index (χ4n) is 4.54. The third-order valence-corrected chi connectivity index (χ3v) is 6.17. The van der Waals surface area contributed by atoms with Gasteiger partial charge in [0.15, 0.2) is 6.04 Å². The number of amides is 3. The molecule has 3 rings (SSSR count). The number of aryl methyl sites for hydroxylation is 3. The van der Waals surface area contributed by atoms with E-state index in [0.29, 0.717) is 16.8 Å². The van der Waals surface area contributed by atoms with Crippen molar-refractivity contribution in [1.29, 1.82) is 0 Å². The number of hydrogen-bond donors (Lipinski definition) is 4. The van der Waals surface area contributed by atoms with Crippen molar-refractivity contribution in [3.05, 3.63) is 82.7 Å². The van der Waals surface area contributed by atoms with Gasteiger partial charge in [-0.3, -0.25) is 4.79 Å². The Labute approximate surface area is 233 Å². The van der Waals surface area contributed by atoms with E-state index in [1.165, 1.54) is 18.2 Å². The number of ether oxygens (including phenoxy) is 1. The van der Waals surface area contributed by atoms with Crippen molar-refractivity contribution >= 4 is 29.3 Å². The number of carbonyl (C=O) groups excluding carboxylic acids is 2. The summed E-state index contributed by atoms with van der Waals surface area (Å²) >= 11 is 0. The average Bonchev–Trinajstić information content (AvgIpc) is 2.83. The average molecular weight is 550 g/mol. The highest BCUT2D eigenvalue weighted by Crippen LogP contribution is 2.28. The summed E-state index contributed by atoms with van der Waals surface area (Å²) < 4.78 is 19.3. The van der Waals surface area contributed by atoms with Crippen LogP contribution in [0.1, 0.15) is 54.7 Å². The number of carboxylic acid groups (broad SMARTS) is 1. The van der Waals surface area contributed by atoms with Gasteiger partial charge in [-0.1, -0.05) is 35.9 Å². The number of urea groups is 1. The molecule has 0 saturated heterocycles. The van der Waals surface area contributed by atoms with Crippen LogP contribution in [0.5, 0.6) is 0 Å². The Morgan fingerprint density at radius 1 is 0.875 bits per heavy atom. The van der Waals surface area contributed by atoms with Gasteiger partial charge in [0.1, 0.15) is 5.82 Å². The summed E-state index contributed by atoms with van der Waals surface area (Å²) in [6, 6.07) is 12.5. The van der Waals surface area contributed by atoms with Gasteiger partial charge in [-0.25, -0.2) is 14.0 Å². The number of halogens is 1. The van der Waals surface area contributed by atoms with E-state index in [4.69, 9.17) is 4.74 Å². The second kappa shape index (κ2) is 12.3. The van der Waals surface area contributed by atoms with Crippen LogP contribution in [0.4, 0.5) is 20.6 Å². The number of hydrogen-bond acceptors (Lipinski definition) is 4. The third kappa shape index (κ3) is 7.89. The van der Waals surface area contributed by atoms with Gasteiger partial charge in [0.2, 0.25) is 0 Å². The molecule has 9 heteroatoms. The first-order valence-electron chi connectivity index (χ1n) is 12.9. The van der Waals surface area contributed by atoms with Crippen molar-refractivity contribution in [2.75, 3.05) is 10.6 Å². The first-order chi connectivity index (χ1) is 18.6. The lowest BCUT2D eigenvalue weighted by molar-refractivity contribution is -0.146. The van der Waals surface area contributed by atoms with Crippen molar-refractivity contribution in [3.8, 4) is 11.1 Å². The standard InChI is InChI=1S/C31H36FN3O5/c1-17-14-18(2)26(19(3)15-17)35-30(39)33-25-16-22(21-8-11-23(32)12-9-21)10-13-24(25)28(36)34-27(29(37)38)20(4)40-31(5,6)7/h8-16,20,27H,1-7H3,(H,34,36)(H,37,38)(H2,33,35,39)/t20-,27+/m1/s1. The van der Waals surface area contributed by atoms with Crippen LogP contribution in [-0.4, -0.2) is 40.8 Å². The highest BCUT2D eigenvalue weighted by Gasteiger charge is 2.31. The number of carboxylic acids is 1. The lowest BCUT2D eigenvalue weighted by atomic mass is 10.0. The molecule has 3 amide bonds. The fourth-order valence-corrected chi connectivity index (χ4v) is 4.54. The second-order valence-electron chi connectivity index (χ2n) is 10.8. The normalized spacial score (nSPS) is 12.8. The van der Waals surface area contributed by atoms with Gasteiger partial charge < -0.3 is 25.8 Å². The van der Waals surface area contributed by atoms with Gasteiger partial charge in [-0.15, -0.1) is 0 Å². The lowest BCUT2D eigenvalue weighted by Gasteiger charge is -2.29. The number of rotatable bonds is 8. The number of benzene rings is 3. The number of aliphatic carboxylic acids is 1. The van der Waals surface area contributed by atoms with Crippen LogP contribution in [0.15, 0.2) is 54.6 Å². The minimum atomic E-state index is -1.34. The summed E-state index contributed by atoms with van der Waals surface area (Å²) in [6.45, 7) is 12.7. The number of carbonyl (C=O) groups is 3. The molecule has 40 heavy (non-hydrogen) atoms. The maximum Gasteiger partial charge on any atom is 0.328 e. The highest BCUT2D eigenvalue weighted by atomic mass is 19.1. The quantitative estimate of drug-likeness (QED) is 0.258. The predicted octanol–water partition coefficient (Wildman–Crippen LogP) is 6.45. The van der Waals surface area contributed by atoms with E-state index in [1.807, 2.05) is 32.9 Å². The minimum Gasteiger partial charge on any atom is -0.480 e. The molecule has 0 saturated carbocycles. The van der Waals surface area contributed by atoms with Gasteiger partial charge in [0, 0.05) is 5.69 Å². The van der Waals surface area contributed by atoms with Crippen LogP contribution in [0.25, 0.3) is 11.1 Å². The fraction of sp³-hybridized carbons (Fsp3) is 0.323. The second-order valence-corrected chi connectivity index (χ2v) is 10.8. The predicted molar refractivity (Wildman–Crippen MR) is 154 cm³/mol. The molecule has 4 N–H and O–H groups in total. The van der Waals surface area contributed by atoms with Crippen LogP contribution < -0.4 is 16.0 Å². The van der Waals surface area contributed by atoms with E-state index in [1.54, 1.807) is 52.0 Å². The van der Waals surface area contributed by atoms with Gasteiger partial charge in [0.05, 0.1) is 23.0 Å². The van der Waals surface area contributed by atoms with Crippen LogP contribution >= 0.6 is 0 Å². The van der Waals surface area contributed by atoms with Gasteiger partial charge in [-0.2, -0.15) is 0 Å². The highest BCUT2D eigenvalue weighted by molar-refractivity contribution is 6.08. The molecule has 0 bridgehead atoms. The van der Waals surface area contributed by atoms with E-state index < -0.39 is 41.5 Å². The first-order valence-corrected chi connectivity index (χ1v) is 12.9. The molecule has 0 unspecified atom stereocenters. The smallest absolute Gasteiger partial charge is 0.328 e. The summed E-state index contributed by atoms with van der Waals surface area (Å²) in [5.41, 5.74) is 4.30. The monoisotopic (exact) mass is 549 g/mol. The largest absolute Gasteiger partial charge is 0.480 e. The topological polar surface area (TPSA) is 117 Å². The van der Waals surface area contributed by atoms with E-state index in [0.717, 1.165) is 16.7 Å². The molecule has 0 aromatic heterocycles. The zero-order valence-electron chi connectivity index (χ0n) is 23.8. The SMILES string of the molecule is Cc1cc(C)c(NC(=O)Nc2cc(-c3ccc(F)cc3)ccc2C(=O)N[C@H](C(=O)O)[C@@H](C)OC(C)(C)C)c(C)c1.